The second-order valence-electron chi connectivity index (χ2n) is 9.91. The number of hydrogen-bond acceptors (Lipinski definition) is 4. The quantitative estimate of drug-likeness (QED) is 0.557. The Hall–Kier alpha value is -2.40. The SMILES string of the molecule is Cc1ccc(NC(=O)c2sc3nc(C45CC6CC(CC(C6)C4)C5)ccc3c2N)cc1. The predicted octanol–water partition coefficient (Wildman–Crippen LogP) is 5.91. The van der Waals surface area contributed by atoms with E-state index in [0.717, 1.165) is 39.2 Å². The second kappa shape index (κ2) is 6.55. The van der Waals surface area contributed by atoms with Gasteiger partial charge in [0, 0.05) is 22.2 Å². The van der Waals surface area contributed by atoms with Crippen LogP contribution in [0.1, 0.15) is 59.5 Å². The fourth-order valence-corrected chi connectivity index (χ4v) is 7.70. The van der Waals surface area contributed by atoms with Crippen molar-refractivity contribution in [1.29, 1.82) is 0 Å². The molecule has 1 amide bonds. The summed E-state index contributed by atoms with van der Waals surface area (Å²) in [7, 11) is 0. The molecular weight excluding hydrogens is 390 g/mol. The number of nitrogens with two attached hydrogens (primary N) is 1. The molecule has 154 valence electrons. The zero-order chi connectivity index (χ0) is 20.5. The highest BCUT2D eigenvalue weighted by atomic mass is 32.1. The van der Waals surface area contributed by atoms with Gasteiger partial charge in [-0.2, -0.15) is 0 Å². The van der Waals surface area contributed by atoms with Crippen molar-refractivity contribution in [3.8, 4) is 0 Å². The number of carbonyl (C=O) groups is 1. The smallest absolute Gasteiger partial charge is 0.267 e. The third kappa shape index (κ3) is 2.86. The van der Waals surface area contributed by atoms with Crippen LogP contribution in [0, 0.1) is 24.7 Å². The zero-order valence-electron chi connectivity index (χ0n) is 17.3. The number of benzene rings is 1. The van der Waals surface area contributed by atoms with Crippen LogP contribution in [0.4, 0.5) is 11.4 Å². The maximum Gasteiger partial charge on any atom is 0.267 e. The van der Waals surface area contributed by atoms with Crippen molar-refractivity contribution in [2.75, 3.05) is 11.1 Å². The Morgan fingerprint density at radius 3 is 2.30 bits per heavy atom. The van der Waals surface area contributed by atoms with Crippen LogP contribution in [-0.2, 0) is 5.41 Å². The molecule has 30 heavy (non-hydrogen) atoms. The van der Waals surface area contributed by atoms with E-state index in [2.05, 4.69) is 17.4 Å². The molecule has 4 bridgehead atoms. The average Bonchev–Trinajstić information content (AvgIpc) is 3.05. The van der Waals surface area contributed by atoms with Crippen molar-refractivity contribution in [3.05, 3.63) is 52.5 Å². The number of carbonyl (C=O) groups excluding carboxylic acids is 1. The van der Waals surface area contributed by atoms with Crippen LogP contribution in [0.15, 0.2) is 36.4 Å². The van der Waals surface area contributed by atoms with Crippen molar-refractivity contribution in [3.63, 3.8) is 0 Å². The van der Waals surface area contributed by atoms with Crippen molar-refractivity contribution < 1.29 is 4.79 Å². The molecule has 2 aromatic heterocycles. The van der Waals surface area contributed by atoms with E-state index in [1.807, 2.05) is 31.2 Å². The number of nitrogens with one attached hydrogen (secondary N) is 1. The summed E-state index contributed by atoms with van der Waals surface area (Å²) in [5.41, 5.74) is 10.4. The molecule has 5 heteroatoms. The minimum absolute atomic E-state index is 0.157. The first-order valence-corrected chi connectivity index (χ1v) is 11.9. The van der Waals surface area contributed by atoms with Crippen molar-refractivity contribution in [1.82, 2.24) is 4.98 Å². The molecule has 3 N–H and O–H groups in total. The summed E-state index contributed by atoms with van der Waals surface area (Å²) in [6.07, 6.45) is 8.15. The molecule has 3 aromatic rings. The predicted molar refractivity (Wildman–Crippen MR) is 123 cm³/mol. The molecule has 4 nitrogen and oxygen atoms in total. The van der Waals surface area contributed by atoms with E-state index in [9.17, 15) is 4.79 Å². The fourth-order valence-electron chi connectivity index (χ4n) is 6.71. The van der Waals surface area contributed by atoms with Crippen LogP contribution in [0.2, 0.25) is 0 Å². The van der Waals surface area contributed by atoms with Gasteiger partial charge in [0.1, 0.15) is 9.71 Å². The molecule has 0 saturated heterocycles. The van der Waals surface area contributed by atoms with E-state index in [1.54, 1.807) is 0 Å². The minimum atomic E-state index is -0.157. The van der Waals surface area contributed by atoms with Gasteiger partial charge in [0.2, 0.25) is 0 Å². The Labute approximate surface area is 180 Å². The van der Waals surface area contributed by atoms with Gasteiger partial charge in [-0.15, -0.1) is 11.3 Å². The number of pyridine rings is 1. The molecule has 4 saturated carbocycles. The highest BCUT2D eigenvalue weighted by Gasteiger charge is 2.52. The molecule has 4 aliphatic carbocycles. The molecular formula is C25H27N3OS. The third-order valence-corrected chi connectivity index (χ3v) is 8.81. The number of nitrogen functional groups attached to an aromatic ring is 1. The zero-order valence-corrected chi connectivity index (χ0v) is 18.1. The molecule has 2 heterocycles. The molecule has 4 fully saturated rings. The molecule has 4 aliphatic rings. The molecule has 7 rings (SSSR count). The van der Waals surface area contributed by atoms with Gasteiger partial charge in [-0.25, -0.2) is 4.98 Å². The van der Waals surface area contributed by atoms with Crippen molar-refractivity contribution in [2.24, 2.45) is 17.8 Å². The Morgan fingerprint density at radius 1 is 1.03 bits per heavy atom. The van der Waals surface area contributed by atoms with E-state index < -0.39 is 0 Å². The Morgan fingerprint density at radius 2 is 1.67 bits per heavy atom. The van der Waals surface area contributed by atoms with Gasteiger partial charge in [-0.3, -0.25) is 4.79 Å². The van der Waals surface area contributed by atoms with Crippen molar-refractivity contribution >= 4 is 38.8 Å². The maximum absolute atomic E-state index is 12.9. The lowest BCUT2D eigenvalue weighted by molar-refractivity contribution is -0.00704. The lowest BCUT2D eigenvalue weighted by Gasteiger charge is -2.56. The van der Waals surface area contributed by atoms with Crippen LogP contribution in [0.5, 0.6) is 0 Å². The Bertz CT molecular complexity index is 1110. The second-order valence-corrected chi connectivity index (χ2v) is 10.9. The molecule has 0 radical (unpaired) electrons. The highest BCUT2D eigenvalue weighted by Crippen LogP contribution is 2.60. The first-order valence-electron chi connectivity index (χ1n) is 11.1. The number of nitrogens with zero attached hydrogens (tertiary/aromatic N) is 1. The number of amides is 1. The molecule has 0 spiro atoms. The summed E-state index contributed by atoms with van der Waals surface area (Å²) in [6.45, 7) is 2.03. The first kappa shape index (κ1) is 18.4. The lowest BCUT2D eigenvalue weighted by atomic mass is 9.49. The largest absolute Gasteiger partial charge is 0.397 e. The first-order chi connectivity index (χ1) is 14.5. The maximum atomic E-state index is 12.9. The average molecular weight is 418 g/mol. The number of rotatable bonds is 3. The summed E-state index contributed by atoms with van der Waals surface area (Å²) in [5, 5.41) is 3.88. The van der Waals surface area contributed by atoms with Crippen molar-refractivity contribution in [2.45, 2.75) is 50.9 Å². The monoisotopic (exact) mass is 417 g/mol. The van der Waals surface area contributed by atoms with Gasteiger partial charge in [0.05, 0.1) is 5.69 Å². The van der Waals surface area contributed by atoms with E-state index in [0.29, 0.717) is 10.6 Å². The number of hydrogen-bond donors (Lipinski definition) is 2. The van der Waals surface area contributed by atoms with Crippen LogP contribution >= 0.6 is 11.3 Å². The number of aromatic nitrogens is 1. The number of aryl methyl sites for hydroxylation is 1. The highest BCUT2D eigenvalue weighted by molar-refractivity contribution is 7.21. The summed E-state index contributed by atoms with van der Waals surface area (Å²) in [5.74, 6) is 2.50. The molecule has 0 aliphatic heterocycles. The third-order valence-electron chi connectivity index (χ3n) is 7.69. The lowest BCUT2D eigenvalue weighted by Crippen LogP contribution is -2.48. The standard InChI is InChI=1S/C25H27N3OS/c1-14-2-4-18(5-3-14)27-23(29)22-21(26)19-6-7-20(28-24(19)30-22)25-11-15-8-16(12-25)10-17(9-15)13-25/h2-7,15-17H,8-13,26H2,1H3,(H,27,29). The van der Waals surface area contributed by atoms with Gasteiger partial charge in [-0.1, -0.05) is 17.7 Å². The van der Waals surface area contributed by atoms with Crippen LogP contribution in [0.3, 0.4) is 0 Å². The van der Waals surface area contributed by atoms with Gasteiger partial charge in [0.25, 0.3) is 5.91 Å². The van der Waals surface area contributed by atoms with Crippen LogP contribution in [0.25, 0.3) is 10.2 Å². The minimum Gasteiger partial charge on any atom is -0.397 e. The molecule has 0 unspecified atom stereocenters. The van der Waals surface area contributed by atoms with Crippen LogP contribution < -0.4 is 11.1 Å². The Kier molecular flexibility index (Phi) is 4.01. The molecule has 0 atom stereocenters. The summed E-state index contributed by atoms with van der Waals surface area (Å²) in [4.78, 5) is 19.4. The summed E-state index contributed by atoms with van der Waals surface area (Å²) < 4.78 is 0. The topological polar surface area (TPSA) is 68.0 Å². The Balaban J connectivity index is 1.33. The molecule has 1 aromatic carbocycles. The van der Waals surface area contributed by atoms with E-state index in [4.69, 9.17) is 10.7 Å². The van der Waals surface area contributed by atoms with Gasteiger partial charge >= 0.3 is 0 Å². The summed E-state index contributed by atoms with van der Waals surface area (Å²) in [6, 6.07) is 12.1. The number of fused-ring (bicyclic) bond motifs is 1. The van der Waals surface area contributed by atoms with E-state index in [-0.39, 0.29) is 11.3 Å². The number of anilines is 2. The van der Waals surface area contributed by atoms with Gasteiger partial charge < -0.3 is 11.1 Å². The fraction of sp³-hybridized carbons (Fsp3) is 0.440. The number of thiophene rings is 1. The van der Waals surface area contributed by atoms with Crippen LogP contribution in [-0.4, -0.2) is 10.9 Å². The van der Waals surface area contributed by atoms with Gasteiger partial charge in [0.15, 0.2) is 0 Å². The normalized spacial score (nSPS) is 29.4. The summed E-state index contributed by atoms with van der Waals surface area (Å²) >= 11 is 1.42. The van der Waals surface area contributed by atoms with E-state index in [1.165, 1.54) is 55.6 Å². The van der Waals surface area contributed by atoms with E-state index >= 15 is 0 Å². The van der Waals surface area contributed by atoms with Gasteiger partial charge in [-0.05, 0) is 87.5 Å².